The van der Waals surface area contributed by atoms with Gasteiger partial charge in [0.05, 0.1) is 12.6 Å². The van der Waals surface area contributed by atoms with Gasteiger partial charge < -0.3 is 9.88 Å². The molecule has 120 valence electrons. The molecule has 0 saturated carbocycles. The van der Waals surface area contributed by atoms with Gasteiger partial charge in [0.25, 0.3) is 0 Å². The summed E-state index contributed by atoms with van der Waals surface area (Å²) in [7, 11) is 0. The molecule has 0 aliphatic carbocycles. The molecule has 0 bridgehead atoms. The Morgan fingerprint density at radius 3 is 2.91 bits per heavy atom. The standard InChI is InChI=1S/C15H25N7/c1-11(2)9-22-14(17-10-18-22)8-16-12(3)15-20-19-13-6-4-5-7-21(13)15/h10-12,16H,4-9H2,1-3H3. The number of fused-ring (bicyclic) bond motifs is 1. The van der Waals surface area contributed by atoms with Gasteiger partial charge in [0.1, 0.15) is 23.8 Å². The molecule has 1 atom stereocenters. The van der Waals surface area contributed by atoms with Gasteiger partial charge >= 0.3 is 0 Å². The average Bonchev–Trinajstić information content (AvgIpc) is 3.11. The largest absolute Gasteiger partial charge is 0.314 e. The Balaban J connectivity index is 1.64. The van der Waals surface area contributed by atoms with E-state index in [-0.39, 0.29) is 6.04 Å². The molecule has 1 aliphatic heterocycles. The lowest BCUT2D eigenvalue weighted by molar-refractivity contribution is 0.434. The lowest BCUT2D eigenvalue weighted by Gasteiger charge is -2.19. The average molecular weight is 303 g/mol. The van der Waals surface area contributed by atoms with Crippen LogP contribution < -0.4 is 5.32 Å². The van der Waals surface area contributed by atoms with Crippen LogP contribution >= 0.6 is 0 Å². The van der Waals surface area contributed by atoms with Gasteiger partial charge in [-0.2, -0.15) is 5.10 Å². The first-order valence-electron chi connectivity index (χ1n) is 8.17. The summed E-state index contributed by atoms with van der Waals surface area (Å²) >= 11 is 0. The second kappa shape index (κ2) is 6.56. The molecule has 0 amide bonds. The molecular formula is C15H25N7. The third-order valence-corrected chi connectivity index (χ3v) is 4.08. The maximum atomic E-state index is 4.38. The van der Waals surface area contributed by atoms with Crippen molar-refractivity contribution in [3.05, 3.63) is 23.8 Å². The Kier molecular flexibility index (Phi) is 4.52. The van der Waals surface area contributed by atoms with Crippen LogP contribution in [0.25, 0.3) is 0 Å². The monoisotopic (exact) mass is 303 g/mol. The zero-order valence-corrected chi connectivity index (χ0v) is 13.7. The van der Waals surface area contributed by atoms with Gasteiger partial charge in [-0.1, -0.05) is 13.8 Å². The van der Waals surface area contributed by atoms with Crippen molar-refractivity contribution in [1.29, 1.82) is 0 Å². The summed E-state index contributed by atoms with van der Waals surface area (Å²) in [5.41, 5.74) is 0. The highest BCUT2D eigenvalue weighted by Gasteiger charge is 2.20. The van der Waals surface area contributed by atoms with Crippen LogP contribution in [-0.2, 0) is 26.1 Å². The summed E-state index contributed by atoms with van der Waals surface area (Å²) in [6.07, 6.45) is 5.11. The molecule has 2 aromatic heterocycles. The number of rotatable bonds is 6. The van der Waals surface area contributed by atoms with Crippen LogP contribution in [0.1, 0.15) is 57.1 Å². The first kappa shape index (κ1) is 15.1. The van der Waals surface area contributed by atoms with Crippen molar-refractivity contribution in [2.75, 3.05) is 0 Å². The highest BCUT2D eigenvalue weighted by molar-refractivity contribution is 5.03. The van der Waals surface area contributed by atoms with E-state index in [2.05, 4.69) is 50.9 Å². The third-order valence-electron chi connectivity index (χ3n) is 4.08. The van der Waals surface area contributed by atoms with E-state index >= 15 is 0 Å². The molecule has 0 fully saturated rings. The Morgan fingerprint density at radius 2 is 2.09 bits per heavy atom. The van der Waals surface area contributed by atoms with Crippen LogP contribution in [0.3, 0.4) is 0 Å². The quantitative estimate of drug-likeness (QED) is 0.879. The lowest BCUT2D eigenvalue weighted by atomic mass is 10.1. The van der Waals surface area contributed by atoms with Crippen molar-refractivity contribution < 1.29 is 0 Å². The van der Waals surface area contributed by atoms with Gasteiger partial charge in [0.2, 0.25) is 0 Å². The first-order valence-corrected chi connectivity index (χ1v) is 8.17. The Morgan fingerprint density at radius 1 is 1.23 bits per heavy atom. The number of hydrogen-bond donors (Lipinski definition) is 1. The minimum atomic E-state index is 0.156. The van der Waals surface area contributed by atoms with Gasteiger partial charge in [-0.3, -0.25) is 0 Å². The second-order valence-electron chi connectivity index (χ2n) is 6.44. The SMILES string of the molecule is CC(C)Cn1ncnc1CNC(C)c1nnc2n1CCCC2. The number of nitrogens with one attached hydrogen (secondary N) is 1. The molecule has 0 aromatic carbocycles. The Labute approximate surface area is 131 Å². The van der Waals surface area contributed by atoms with Crippen LogP contribution in [0, 0.1) is 5.92 Å². The predicted octanol–water partition coefficient (Wildman–Crippen LogP) is 1.71. The maximum Gasteiger partial charge on any atom is 0.149 e. The molecule has 7 heteroatoms. The van der Waals surface area contributed by atoms with E-state index < -0.39 is 0 Å². The molecule has 1 unspecified atom stereocenters. The summed E-state index contributed by atoms with van der Waals surface area (Å²) in [6.45, 7) is 9.12. The molecular weight excluding hydrogens is 278 g/mol. The van der Waals surface area contributed by atoms with Crippen molar-refractivity contribution in [2.45, 2.75) is 65.7 Å². The summed E-state index contributed by atoms with van der Waals surface area (Å²) < 4.78 is 4.24. The topological polar surface area (TPSA) is 73.5 Å². The lowest BCUT2D eigenvalue weighted by Crippen LogP contribution is -2.25. The van der Waals surface area contributed by atoms with Crippen LogP contribution in [0.5, 0.6) is 0 Å². The zero-order valence-electron chi connectivity index (χ0n) is 13.7. The molecule has 1 aliphatic rings. The van der Waals surface area contributed by atoms with Crippen molar-refractivity contribution in [3.8, 4) is 0 Å². The third kappa shape index (κ3) is 3.19. The van der Waals surface area contributed by atoms with E-state index in [1.165, 1.54) is 12.8 Å². The summed E-state index contributed by atoms with van der Waals surface area (Å²) in [5, 5.41) is 16.5. The molecule has 0 radical (unpaired) electrons. The van der Waals surface area contributed by atoms with Gasteiger partial charge in [0.15, 0.2) is 0 Å². The molecule has 2 aromatic rings. The number of nitrogens with zero attached hydrogens (tertiary/aromatic N) is 6. The number of aryl methyl sites for hydroxylation is 1. The molecule has 7 nitrogen and oxygen atoms in total. The zero-order chi connectivity index (χ0) is 15.5. The van der Waals surface area contributed by atoms with Crippen LogP contribution in [0.15, 0.2) is 6.33 Å². The second-order valence-corrected chi connectivity index (χ2v) is 6.44. The predicted molar refractivity (Wildman–Crippen MR) is 83.1 cm³/mol. The van der Waals surface area contributed by atoms with Gasteiger partial charge in [-0.15, -0.1) is 10.2 Å². The van der Waals surface area contributed by atoms with E-state index in [1.54, 1.807) is 6.33 Å². The first-order chi connectivity index (χ1) is 10.6. The van der Waals surface area contributed by atoms with E-state index in [0.717, 1.165) is 37.0 Å². The molecule has 3 rings (SSSR count). The minimum Gasteiger partial charge on any atom is -0.314 e. The molecule has 3 heterocycles. The van der Waals surface area contributed by atoms with E-state index in [4.69, 9.17) is 0 Å². The minimum absolute atomic E-state index is 0.156. The van der Waals surface area contributed by atoms with E-state index in [1.807, 2.05) is 4.68 Å². The Hall–Kier alpha value is -1.76. The summed E-state index contributed by atoms with van der Waals surface area (Å²) in [5.74, 6) is 3.68. The molecule has 0 spiro atoms. The van der Waals surface area contributed by atoms with Gasteiger partial charge in [0, 0.05) is 19.5 Å². The van der Waals surface area contributed by atoms with Crippen molar-refractivity contribution in [3.63, 3.8) is 0 Å². The van der Waals surface area contributed by atoms with Gasteiger partial charge in [-0.05, 0) is 25.7 Å². The highest BCUT2D eigenvalue weighted by atomic mass is 15.3. The molecule has 22 heavy (non-hydrogen) atoms. The summed E-state index contributed by atoms with van der Waals surface area (Å²) in [6, 6.07) is 0.156. The summed E-state index contributed by atoms with van der Waals surface area (Å²) in [4.78, 5) is 4.36. The fourth-order valence-electron chi connectivity index (χ4n) is 2.91. The van der Waals surface area contributed by atoms with E-state index in [0.29, 0.717) is 12.5 Å². The maximum absolute atomic E-state index is 4.38. The Bertz CT molecular complexity index is 613. The fourth-order valence-corrected chi connectivity index (χ4v) is 2.91. The van der Waals surface area contributed by atoms with E-state index in [9.17, 15) is 0 Å². The van der Waals surface area contributed by atoms with Crippen LogP contribution in [-0.4, -0.2) is 29.5 Å². The number of aromatic nitrogens is 6. The van der Waals surface area contributed by atoms with Crippen LogP contribution in [0.4, 0.5) is 0 Å². The fraction of sp³-hybridized carbons (Fsp3) is 0.733. The van der Waals surface area contributed by atoms with Crippen molar-refractivity contribution in [2.24, 2.45) is 5.92 Å². The van der Waals surface area contributed by atoms with Crippen molar-refractivity contribution in [1.82, 2.24) is 34.8 Å². The number of hydrogen-bond acceptors (Lipinski definition) is 5. The molecule has 0 saturated heterocycles. The van der Waals surface area contributed by atoms with Crippen LogP contribution in [0.2, 0.25) is 0 Å². The highest BCUT2D eigenvalue weighted by Crippen LogP contribution is 2.18. The normalized spacial score (nSPS) is 16.0. The van der Waals surface area contributed by atoms with Gasteiger partial charge in [-0.25, -0.2) is 9.67 Å². The smallest absolute Gasteiger partial charge is 0.149 e. The van der Waals surface area contributed by atoms with Crippen molar-refractivity contribution >= 4 is 0 Å². The molecule has 1 N–H and O–H groups in total.